The lowest BCUT2D eigenvalue weighted by Crippen LogP contribution is -2.33. The number of aromatic amines is 1. The number of nitrogens with one attached hydrogen (secondary N) is 1. The molecule has 22 heavy (non-hydrogen) atoms. The predicted octanol–water partition coefficient (Wildman–Crippen LogP) is 3.36. The second kappa shape index (κ2) is 5.73. The summed E-state index contributed by atoms with van der Waals surface area (Å²) in [4.78, 5) is 11.2. The van der Waals surface area contributed by atoms with Crippen molar-refractivity contribution in [2.45, 2.75) is 19.4 Å². The Balaban J connectivity index is 2.11. The van der Waals surface area contributed by atoms with Gasteiger partial charge in [0.05, 0.1) is 12.0 Å². The molecule has 0 aliphatic rings. The van der Waals surface area contributed by atoms with Gasteiger partial charge >= 0.3 is 0 Å². The minimum atomic E-state index is -1.12. The Hall–Kier alpha value is -2.46. The normalized spacial score (nSPS) is 14.0. The van der Waals surface area contributed by atoms with Gasteiger partial charge in [0.15, 0.2) is 0 Å². The average molecular weight is 293 g/mol. The van der Waals surface area contributed by atoms with Gasteiger partial charge in [-0.05, 0) is 40.8 Å². The maximum Gasteiger partial charge on any atom is 0.135 e. The van der Waals surface area contributed by atoms with E-state index < -0.39 is 5.60 Å². The van der Waals surface area contributed by atoms with Crippen molar-refractivity contribution in [1.29, 1.82) is 0 Å². The van der Waals surface area contributed by atoms with Gasteiger partial charge in [-0.2, -0.15) is 0 Å². The second-order valence-corrected chi connectivity index (χ2v) is 5.69. The molecule has 0 saturated heterocycles. The van der Waals surface area contributed by atoms with Gasteiger partial charge in [-0.15, -0.1) is 0 Å². The molecule has 4 heteroatoms. The largest absolute Gasteiger partial charge is 0.378 e. The number of aliphatic hydroxyl groups is 1. The van der Waals surface area contributed by atoms with Crippen LogP contribution in [0.5, 0.6) is 0 Å². The monoisotopic (exact) mass is 293 g/mol. The smallest absolute Gasteiger partial charge is 0.135 e. The van der Waals surface area contributed by atoms with Crippen LogP contribution >= 0.6 is 0 Å². The quantitative estimate of drug-likeness (QED) is 0.775. The third-order valence-corrected chi connectivity index (χ3v) is 4.04. The van der Waals surface area contributed by atoms with E-state index in [9.17, 15) is 5.11 Å². The first-order valence-corrected chi connectivity index (χ1v) is 7.35. The van der Waals surface area contributed by atoms with Crippen molar-refractivity contribution in [2.75, 3.05) is 0 Å². The molecular weight excluding hydrogens is 274 g/mol. The number of hydrogen-bond acceptors (Lipinski definition) is 3. The van der Waals surface area contributed by atoms with Crippen LogP contribution in [-0.4, -0.2) is 20.1 Å². The fourth-order valence-corrected chi connectivity index (χ4v) is 2.73. The summed E-state index contributed by atoms with van der Waals surface area (Å²) in [5.74, 6) is -0.0107. The Morgan fingerprint density at radius 2 is 1.86 bits per heavy atom. The van der Waals surface area contributed by atoms with Gasteiger partial charge in [0.2, 0.25) is 0 Å². The zero-order chi connectivity index (χ0) is 15.6. The summed E-state index contributed by atoms with van der Waals surface area (Å²) < 4.78 is 0. The van der Waals surface area contributed by atoms with Crippen molar-refractivity contribution in [2.24, 2.45) is 5.92 Å². The van der Waals surface area contributed by atoms with Crippen LogP contribution in [0.15, 0.2) is 61.3 Å². The SMILES string of the molecule is CC(C)C(O)(c1cccc(-c2ccncc2)c1)c1c[nH]cn1. The van der Waals surface area contributed by atoms with Crippen LogP contribution in [0, 0.1) is 5.92 Å². The standard InChI is InChI=1S/C18H19N3O/c1-13(2)18(22,17-11-20-12-21-17)16-5-3-4-15(10-16)14-6-8-19-9-7-14/h3-13,22H,1-2H3,(H,20,21). The first kappa shape index (κ1) is 14.5. The third kappa shape index (κ3) is 2.42. The fraction of sp³-hybridized carbons (Fsp3) is 0.222. The maximum atomic E-state index is 11.3. The molecule has 0 aliphatic carbocycles. The van der Waals surface area contributed by atoms with Gasteiger partial charge in [-0.3, -0.25) is 4.98 Å². The Kier molecular flexibility index (Phi) is 3.77. The van der Waals surface area contributed by atoms with Crippen molar-refractivity contribution in [3.8, 4) is 11.1 Å². The molecule has 3 rings (SSSR count). The molecule has 4 nitrogen and oxygen atoms in total. The maximum absolute atomic E-state index is 11.3. The van der Waals surface area contributed by atoms with E-state index >= 15 is 0 Å². The summed E-state index contributed by atoms with van der Waals surface area (Å²) in [6.45, 7) is 3.99. The first-order valence-electron chi connectivity index (χ1n) is 7.35. The summed E-state index contributed by atoms with van der Waals surface area (Å²) in [7, 11) is 0. The van der Waals surface area contributed by atoms with Crippen LogP contribution in [0.2, 0.25) is 0 Å². The van der Waals surface area contributed by atoms with Crippen LogP contribution in [0.1, 0.15) is 25.1 Å². The highest BCUT2D eigenvalue weighted by molar-refractivity contribution is 5.64. The predicted molar refractivity (Wildman–Crippen MR) is 86.1 cm³/mol. The molecule has 0 aliphatic heterocycles. The van der Waals surface area contributed by atoms with E-state index in [0.717, 1.165) is 16.7 Å². The summed E-state index contributed by atoms with van der Waals surface area (Å²) in [6.07, 6.45) is 6.88. The Morgan fingerprint density at radius 3 is 2.50 bits per heavy atom. The Labute approximate surface area is 129 Å². The van der Waals surface area contributed by atoms with E-state index in [1.54, 1.807) is 24.9 Å². The molecule has 1 atom stereocenters. The lowest BCUT2D eigenvalue weighted by molar-refractivity contribution is 0.0280. The van der Waals surface area contributed by atoms with Gasteiger partial charge in [-0.1, -0.05) is 32.0 Å². The van der Waals surface area contributed by atoms with Gasteiger partial charge in [0, 0.05) is 18.6 Å². The van der Waals surface area contributed by atoms with Crippen molar-refractivity contribution >= 4 is 0 Å². The van der Waals surface area contributed by atoms with Gasteiger partial charge in [0.1, 0.15) is 5.60 Å². The number of aromatic nitrogens is 3. The van der Waals surface area contributed by atoms with E-state index in [1.807, 2.05) is 50.2 Å². The highest BCUT2D eigenvalue weighted by atomic mass is 16.3. The van der Waals surface area contributed by atoms with Crippen molar-refractivity contribution in [3.63, 3.8) is 0 Å². The van der Waals surface area contributed by atoms with Gasteiger partial charge in [0.25, 0.3) is 0 Å². The zero-order valence-corrected chi connectivity index (χ0v) is 12.7. The number of H-pyrrole nitrogens is 1. The first-order chi connectivity index (χ1) is 10.6. The second-order valence-electron chi connectivity index (χ2n) is 5.69. The number of pyridine rings is 1. The van der Waals surface area contributed by atoms with Crippen LogP contribution in [0.3, 0.4) is 0 Å². The van der Waals surface area contributed by atoms with Crippen molar-refractivity contribution in [1.82, 2.24) is 15.0 Å². The van der Waals surface area contributed by atoms with Crippen molar-refractivity contribution in [3.05, 3.63) is 72.6 Å². The van der Waals surface area contributed by atoms with Crippen LogP contribution in [0.25, 0.3) is 11.1 Å². The van der Waals surface area contributed by atoms with Crippen LogP contribution in [0.4, 0.5) is 0 Å². The van der Waals surface area contributed by atoms with Crippen molar-refractivity contribution < 1.29 is 5.11 Å². The fourth-order valence-electron chi connectivity index (χ4n) is 2.73. The van der Waals surface area contributed by atoms with E-state index in [-0.39, 0.29) is 5.92 Å². The number of imidazole rings is 1. The van der Waals surface area contributed by atoms with Gasteiger partial charge in [-0.25, -0.2) is 4.98 Å². The number of rotatable bonds is 4. The van der Waals surface area contributed by atoms with E-state index in [4.69, 9.17) is 0 Å². The average Bonchev–Trinajstić information content (AvgIpc) is 3.10. The molecule has 1 unspecified atom stereocenters. The molecule has 0 radical (unpaired) electrons. The Bertz CT molecular complexity index is 738. The van der Waals surface area contributed by atoms with Crippen LogP contribution < -0.4 is 0 Å². The zero-order valence-electron chi connectivity index (χ0n) is 12.7. The number of benzene rings is 1. The highest BCUT2D eigenvalue weighted by Crippen LogP contribution is 2.36. The molecule has 2 aromatic heterocycles. The highest BCUT2D eigenvalue weighted by Gasteiger charge is 2.37. The number of hydrogen-bond donors (Lipinski definition) is 2. The summed E-state index contributed by atoms with van der Waals surface area (Å²) in [5, 5.41) is 11.3. The van der Waals surface area contributed by atoms with Gasteiger partial charge < -0.3 is 10.1 Å². The lowest BCUT2D eigenvalue weighted by Gasteiger charge is -2.31. The summed E-state index contributed by atoms with van der Waals surface area (Å²) >= 11 is 0. The number of nitrogens with zero attached hydrogens (tertiary/aromatic N) is 2. The molecule has 3 aromatic rings. The molecule has 0 spiro atoms. The van der Waals surface area contributed by atoms with Crippen LogP contribution in [-0.2, 0) is 5.60 Å². The van der Waals surface area contributed by atoms with E-state index in [0.29, 0.717) is 5.69 Å². The topological polar surface area (TPSA) is 61.8 Å². The summed E-state index contributed by atoms with van der Waals surface area (Å²) in [5.41, 5.74) is 2.47. The molecule has 1 aromatic carbocycles. The van der Waals surface area contributed by atoms with E-state index in [2.05, 4.69) is 15.0 Å². The molecule has 2 heterocycles. The van der Waals surface area contributed by atoms with E-state index in [1.165, 1.54) is 0 Å². The molecule has 0 fully saturated rings. The molecule has 0 saturated carbocycles. The molecule has 0 bridgehead atoms. The molecule has 0 amide bonds. The summed E-state index contributed by atoms with van der Waals surface area (Å²) in [6, 6.07) is 11.9. The Morgan fingerprint density at radius 1 is 1.09 bits per heavy atom. The third-order valence-electron chi connectivity index (χ3n) is 4.04. The molecule has 2 N–H and O–H groups in total. The minimum Gasteiger partial charge on any atom is -0.378 e. The lowest BCUT2D eigenvalue weighted by atomic mass is 9.80. The molecule has 112 valence electrons. The molecular formula is C18H19N3O. The minimum absolute atomic E-state index is 0.0107.